The summed E-state index contributed by atoms with van der Waals surface area (Å²) in [5.74, 6) is 1.82. The SMILES string of the molecule is C#C.C/C=C(\CNCCC)C1CC1.C=C(C)C1CCC1.C=C/C(=C\C=C(/C)CCCCCCC)NC(=C)C. The topological polar surface area (TPSA) is 24.1 Å². The molecule has 0 aromatic heterocycles. The van der Waals surface area contributed by atoms with Crippen molar-refractivity contribution < 1.29 is 0 Å². The number of allylic oxidation sites excluding steroid dienone is 7. The van der Waals surface area contributed by atoms with Gasteiger partial charge in [0.2, 0.25) is 0 Å². The Morgan fingerprint density at radius 3 is 1.89 bits per heavy atom. The largest absolute Gasteiger partial charge is 0.360 e. The molecule has 0 bridgehead atoms. The van der Waals surface area contributed by atoms with E-state index in [4.69, 9.17) is 0 Å². The first kappa shape index (κ1) is 37.9. The van der Waals surface area contributed by atoms with Gasteiger partial charge in [-0.15, -0.1) is 12.8 Å². The summed E-state index contributed by atoms with van der Waals surface area (Å²) in [5.41, 5.74) is 6.37. The van der Waals surface area contributed by atoms with Crippen LogP contribution in [-0.2, 0) is 0 Å². The fourth-order valence-corrected chi connectivity index (χ4v) is 3.98. The molecular formula is C36H62N2. The van der Waals surface area contributed by atoms with Crippen LogP contribution in [-0.4, -0.2) is 13.1 Å². The van der Waals surface area contributed by atoms with E-state index >= 15 is 0 Å². The van der Waals surface area contributed by atoms with Crippen LogP contribution in [0, 0.1) is 24.7 Å². The van der Waals surface area contributed by atoms with Crippen LogP contribution in [0.2, 0.25) is 0 Å². The molecule has 2 aliphatic carbocycles. The molecule has 2 heteroatoms. The van der Waals surface area contributed by atoms with E-state index in [1.165, 1.54) is 88.2 Å². The molecule has 38 heavy (non-hydrogen) atoms. The predicted octanol–water partition coefficient (Wildman–Crippen LogP) is 10.4. The summed E-state index contributed by atoms with van der Waals surface area (Å²) in [7, 11) is 0. The minimum Gasteiger partial charge on any atom is -0.360 e. The maximum absolute atomic E-state index is 4.00. The molecule has 2 rings (SSSR count). The lowest BCUT2D eigenvalue weighted by Crippen LogP contribution is -2.18. The molecule has 2 fully saturated rings. The number of hydrogen-bond acceptors (Lipinski definition) is 2. The summed E-state index contributed by atoms with van der Waals surface area (Å²) >= 11 is 0. The molecule has 2 nitrogen and oxygen atoms in total. The van der Waals surface area contributed by atoms with Crippen LogP contribution in [0.25, 0.3) is 0 Å². The van der Waals surface area contributed by atoms with Crippen molar-refractivity contribution in [2.75, 3.05) is 13.1 Å². The second-order valence-corrected chi connectivity index (χ2v) is 10.7. The standard InChI is InChI=1S/C17H29N.C10H19N.C7H12.C2H2/c1-6-8-9-10-11-12-16(5)13-14-17(7-2)18-15(3)4;1-3-7-11-8-9(4-2)10-5-6-10;1-6(2)7-4-3-5-7;1-2/h7,13-14,18H,2-3,6,8-12H2,1,4-5H3;4,10-11H,3,5-8H2,1-2H3;7H,1,3-5H2,2H3;1-2H/b16-13+,17-14+;9-4+;;. The summed E-state index contributed by atoms with van der Waals surface area (Å²) in [6.45, 7) is 26.6. The first-order valence-corrected chi connectivity index (χ1v) is 15.1. The van der Waals surface area contributed by atoms with Gasteiger partial charge in [-0.1, -0.05) is 94.6 Å². The Morgan fingerprint density at radius 2 is 1.50 bits per heavy atom. The van der Waals surface area contributed by atoms with Gasteiger partial charge in [-0.25, -0.2) is 0 Å². The molecule has 0 saturated heterocycles. The van der Waals surface area contributed by atoms with Gasteiger partial charge in [0.05, 0.1) is 0 Å². The zero-order chi connectivity index (χ0) is 29.2. The van der Waals surface area contributed by atoms with Crippen LogP contribution in [0.4, 0.5) is 0 Å². The quantitative estimate of drug-likeness (QED) is 0.0911. The molecule has 0 amide bonds. The van der Waals surface area contributed by atoms with Crippen molar-refractivity contribution in [3.05, 3.63) is 72.2 Å². The van der Waals surface area contributed by atoms with Crippen molar-refractivity contribution >= 4 is 0 Å². The van der Waals surface area contributed by atoms with Gasteiger partial charge < -0.3 is 10.6 Å². The van der Waals surface area contributed by atoms with Crippen molar-refractivity contribution in [3.8, 4) is 12.8 Å². The zero-order valence-corrected chi connectivity index (χ0v) is 26.1. The van der Waals surface area contributed by atoms with Crippen molar-refractivity contribution in [2.24, 2.45) is 11.8 Å². The minimum atomic E-state index is 0.889. The minimum absolute atomic E-state index is 0.889. The number of rotatable bonds is 16. The molecule has 2 aliphatic rings. The monoisotopic (exact) mass is 522 g/mol. The maximum Gasteiger partial charge on any atom is 0.0375 e. The average molecular weight is 523 g/mol. The summed E-state index contributed by atoms with van der Waals surface area (Å²) in [6.07, 6.45) is 32.5. The van der Waals surface area contributed by atoms with Crippen molar-refractivity contribution in [3.63, 3.8) is 0 Å². The molecule has 2 saturated carbocycles. The molecule has 0 atom stereocenters. The van der Waals surface area contributed by atoms with Gasteiger partial charge in [-0.3, -0.25) is 0 Å². The van der Waals surface area contributed by atoms with E-state index in [1.807, 2.05) is 13.0 Å². The highest BCUT2D eigenvalue weighted by Crippen LogP contribution is 2.35. The Bertz CT molecular complexity index is 739. The van der Waals surface area contributed by atoms with Crippen LogP contribution >= 0.6 is 0 Å². The molecular weight excluding hydrogens is 460 g/mol. The van der Waals surface area contributed by atoms with Gasteiger partial charge in [0.25, 0.3) is 0 Å². The third-order valence-corrected chi connectivity index (χ3v) is 6.83. The molecule has 0 aromatic carbocycles. The van der Waals surface area contributed by atoms with E-state index in [-0.39, 0.29) is 0 Å². The Morgan fingerprint density at radius 1 is 0.868 bits per heavy atom. The van der Waals surface area contributed by atoms with E-state index in [0.29, 0.717) is 0 Å². The number of hydrogen-bond donors (Lipinski definition) is 2. The summed E-state index contributed by atoms with van der Waals surface area (Å²) in [6, 6.07) is 0. The third-order valence-electron chi connectivity index (χ3n) is 6.83. The number of nitrogens with one attached hydrogen (secondary N) is 2. The molecule has 0 radical (unpaired) electrons. The highest BCUT2D eigenvalue weighted by atomic mass is 14.9. The molecule has 0 aliphatic heterocycles. The maximum atomic E-state index is 4.00. The van der Waals surface area contributed by atoms with E-state index in [0.717, 1.165) is 36.3 Å². The molecule has 216 valence electrons. The highest BCUT2D eigenvalue weighted by molar-refractivity contribution is 5.25. The van der Waals surface area contributed by atoms with Gasteiger partial charge in [-0.05, 0) is 103 Å². The summed E-state index contributed by atoms with van der Waals surface area (Å²) in [4.78, 5) is 0. The Hall–Kier alpha value is -2.24. The third kappa shape index (κ3) is 22.9. The van der Waals surface area contributed by atoms with Gasteiger partial charge in [0.15, 0.2) is 0 Å². The lowest BCUT2D eigenvalue weighted by Gasteiger charge is -2.25. The van der Waals surface area contributed by atoms with Crippen LogP contribution in [0.1, 0.15) is 119 Å². The normalized spacial score (nSPS) is 15.3. The van der Waals surface area contributed by atoms with Crippen LogP contribution in [0.15, 0.2) is 72.2 Å². The van der Waals surface area contributed by atoms with E-state index in [9.17, 15) is 0 Å². The Labute approximate surface area is 238 Å². The molecule has 0 heterocycles. The second kappa shape index (κ2) is 26.4. The summed E-state index contributed by atoms with van der Waals surface area (Å²) < 4.78 is 0. The smallest absolute Gasteiger partial charge is 0.0375 e. The molecule has 0 unspecified atom stereocenters. The number of terminal acetylenes is 1. The number of unbranched alkanes of at least 4 members (excludes halogenated alkanes) is 4. The van der Waals surface area contributed by atoms with Gasteiger partial charge >= 0.3 is 0 Å². The van der Waals surface area contributed by atoms with Crippen LogP contribution in [0.3, 0.4) is 0 Å². The first-order chi connectivity index (χ1) is 18.3. The van der Waals surface area contributed by atoms with Gasteiger partial charge in [0.1, 0.15) is 0 Å². The second-order valence-electron chi connectivity index (χ2n) is 10.7. The Kier molecular flexibility index (Phi) is 26.3. The van der Waals surface area contributed by atoms with Crippen molar-refractivity contribution in [2.45, 2.75) is 119 Å². The van der Waals surface area contributed by atoms with E-state index < -0.39 is 0 Å². The van der Waals surface area contributed by atoms with Crippen molar-refractivity contribution in [1.82, 2.24) is 10.6 Å². The zero-order valence-electron chi connectivity index (χ0n) is 26.1. The average Bonchev–Trinajstić information content (AvgIpc) is 3.70. The first-order valence-electron chi connectivity index (χ1n) is 15.1. The van der Waals surface area contributed by atoms with Gasteiger partial charge in [-0.2, -0.15) is 0 Å². The molecule has 0 aromatic rings. The molecule has 0 spiro atoms. The van der Waals surface area contributed by atoms with E-state index in [2.05, 4.69) is 96.1 Å². The van der Waals surface area contributed by atoms with E-state index in [1.54, 1.807) is 5.57 Å². The van der Waals surface area contributed by atoms with Gasteiger partial charge in [0, 0.05) is 17.9 Å². The predicted molar refractivity (Wildman–Crippen MR) is 175 cm³/mol. The van der Waals surface area contributed by atoms with Crippen LogP contribution in [0.5, 0.6) is 0 Å². The lowest BCUT2D eigenvalue weighted by atomic mass is 9.81. The molecule has 2 N–H and O–H groups in total. The van der Waals surface area contributed by atoms with Crippen LogP contribution < -0.4 is 10.6 Å². The fraction of sp³-hybridized carbons (Fsp3) is 0.611. The van der Waals surface area contributed by atoms with Crippen molar-refractivity contribution in [1.29, 1.82) is 0 Å². The summed E-state index contributed by atoms with van der Waals surface area (Å²) in [5, 5.41) is 6.61. The fourth-order valence-electron chi connectivity index (χ4n) is 3.98. The highest BCUT2D eigenvalue weighted by Gasteiger charge is 2.24. The lowest BCUT2D eigenvalue weighted by molar-refractivity contribution is 0.369. The Balaban J connectivity index is 0.